The number of likely N-dealkylation sites (tertiary alicyclic amines) is 1. The summed E-state index contributed by atoms with van der Waals surface area (Å²) in [5.41, 5.74) is 2.36. The van der Waals surface area contributed by atoms with E-state index in [-0.39, 0.29) is 30.1 Å². The monoisotopic (exact) mass is 516 g/mol. The molecule has 2 aliphatic heterocycles. The number of guanidine groups is 1. The largest absolute Gasteiger partial charge is 0.488 e. The molecule has 2 unspecified atom stereocenters. The van der Waals surface area contributed by atoms with Gasteiger partial charge in [0, 0.05) is 38.7 Å². The minimum atomic E-state index is 0. The van der Waals surface area contributed by atoms with E-state index in [9.17, 15) is 0 Å². The zero-order chi connectivity index (χ0) is 19.8. The van der Waals surface area contributed by atoms with Crippen molar-refractivity contribution < 1.29 is 9.47 Å². The van der Waals surface area contributed by atoms with Gasteiger partial charge in [-0.25, -0.2) is 0 Å². The summed E-state index contributed by atoms with van der Waals surface area (Å²) in [6.45, 7) is 11.1. The Bertz CT molecular complexity index is 650. The maximum Gasteiger partial charge on any atom is 0.191 e. The number of ether oxygens (including phenoxy) is 2. The van der Waals surface area contributed by atoms with Crippen LogP contribution in [0.4, 0.5) is 0 Å². The molecule has 0 bridgehead atoms. The van der Waals surface area contributed by atoms with Crippen LogP contribution in [0, 0.1) is 12.8 Å². The lowest BCUT2D eigenvalue weighted by Crippen LogP contribution is -2.40. The van der Waals surface area contributed by atoms with Crippen LogP contribution >= 0.6 is 24.0 Å². The van der Waals surface area contributed by atoms with E-state index in [1.54, 1.807) is 0 Å². The summed E-state index contributed by atoms with van der Waals surface area (Å²) in [7, 11) is 1.83. The average Bonchev–Trinajstić information content (AvgIpc) is 3.36. The quantitative estimate of drug-likeness (QED) is 0.316. The first-order chi connectivity index (χ1) is 13.7. The van der Waals surface area contributed by atoms with E-state index < -0.39 is 0 Å². The second-order valence-electron chi connectivity index (χ2n) is 7.98. The van der Waals surface area contributed by atoms with Crippen LogP contribution in [0.1, 0.15) is 37.3 Å². The molecular weight excluding hydrogens is 479 g/mol. The summed E-state index contributed by atoms with van der Waals surface area (Å²) in [6.07, 6.45) is 3.62. The predicted molar refractivity (Wildman–Crippen MR) is 129 cm³/mol. The number of benzene rings is 1. The van der Waals surface area contributed by atoms with Crippen molar-refractivity contribution >= 4 is 29.9 Å². The van der Waals surface area contributed by atoms with E-state index >= 15 is 0 Å². The Morgan fingerprint density at radius 2 is 2.17 bits per heavy atom. The summed E-state index contributed by atoms with van der Waals surface area (Å²) in [4.78, 5) is 6.95. The standard InChI is InChI=1S/C22H36N4O2.HI/c1-4-9-26-10-7-18(15-26)13-24-22(23-3)25-14-19-6-5-17(2)12-21(19)28-20-8-11-27-16-20;/h5-6,12,18,20H,4,7-11,13-16H2,1-3H3,(H2,23,24,25);1H. The van der Waals surface area contributed by atoms with Gasteiger partial charge in [0.25, 0.3) is 0 Å². The van der Waals surface area contributed by atoms with Crippen molar-refractivity contribution in [2.45, 2.75) is 45.8 Å². The van der Waals surface area contributed by atoms with Gasteiger partial charge < -0.3 is 25.0 Å². The molecule has 2 aliphatic rings. The van der Waals surface area contributed by atoms with Gasteiger partial charge in [-0.1, -0.05) is 19.1 Å². The molecule has 164 valence electrons. The third-order valence-corrected chi connectivity index (χ3v) is 5.54. The van der Waals surface area contributed by atoms with Crippen molar-refractivity contribution in [1.82, 2.24) is 15.5 Å². The fraction of sp³-hybridized carbons (Fsp3) is 0.682. The van der Waals surface area contributed by atoms with Crippen molar-refractivity contribution in [3.8, 4) is 5.75 Å². The number of nitrogens with zero attached hydrogens (tertiary/aromatic N) is 2. The third kappa shape index (κ3) is 7.61. The van der Waals surface area contributed by atoms with E-state index in [0.29, 0.717) is 19.1 Å². The van der Waals surface area contributed by atoms with Crippen molar-refractivity contribution in [3.63, 3.8) is 0 Å². The van der Waals surface area contributed by atoms with Gasteiger partial charge in [0.1, 0.15) is 11.9 Å². The summed E-state index contributed by atoms with van der Waals surface area (Å²) < 4.78 is 11.6. The van der Waals surface area contributed by atoms with E-state index in [1.807, 2.05) is 7.05 Å². The van der Waals surface area contributed by atoms with Crippen LogP contribution < -0.4 is 15.4 Å². The van der Waals surface area contributed by atoms with Crippen LogP contribution in [0.5, 0.6) is 5.75 Å². The number of aryl methyl sites for hydroxylation is 1. The summed E-state index contributed by atoms with van der Waals surface area (Å²) in [6, 6.07) is 6.39. The SMILES string of the molecule is CCCN1CCC(CNC(=NC)NCc2ccc(C)cc2OC2CCOC2)C1.I. The predicted octanol–water partition coefficient (Wildman–Crippen LogP) is 3.18. The zero-order valence-electron chi connectivity index (χ0n) is 18.1. The topological polar surface area (TPSA) is 58.1 Å². The molecule has 0 spiro atoms. The first-order valence-electron chi connectivity index (χ1n) is 10.7. The van der Waals surface area contributed by atoms with Crippen LogP contribution in [0.25, 0.3) is 0 Å². The second kappa shape index (κ2) is 12.6. The Morgan fingerprint density at radius 1 is 1.31 bits per heavy atom. The van der Waals surface area contributed by atoms with Crippen LogP contribution in [0.2, 0.25) is 0 Å². The Balaban J connectivity index is 0.00000300. The highest BCUT2D eigenvalue weighted by atomic mass is 127. The van der Waals surface area contributed by atoms with Gasteiger partial charge in [-0.05, 0) is 50.4 Å². The normalized spacial score (nSPS) is 22.4. The van der Waals surface area contributed by atoms with Crippen LogP contribution in [-0.2, 0) is 11.3 Å². The molecule has 3 rings (SSSR count). The highest BCUT2D eigenvalue weighted by Gasteiger charge is 2.22. The Kier molecular flexibility index (Phi) is 10.5. The molecule has 29 heavy (non-hydrogen) atoms. The number of nitrogens with one attached hydrogen (secondary N) is 2. The lowest BCUT2D eigenvalue weighted by molar-refractivity contribution is 0.140. The second-order valence-corrected chi connectivity index (χ2v) is 7.98. The highest BCUT2D eigenvalue weighted by Crippen LogP contribution is 2.24. The molecule has 1 aromatic rings. The fourth-order valence-corrected chi connectivity index (χ4v) is 3.94. The molecule has 2 saturated heterocycles. The molecule has 2 atom stereocenters. The van der Waals surface area contributed by atoms with E-state index in [2.05, 4.69) is 52.6 Å². The molecule has 6 nitrogen and oxygen atoms in total. The van der Waals surface area contributed by atoms with Gasteiger partial charge in [-0.2, -0.15) is 0 Å². The molecule has 0 radical (unpaired) electrons. The van der Waals surface area contributed by atoms with Gasteiger partial charge in [0.05, 0.1) is 13.2 Å². The number of hydrogen-bond acceptors (Lipinski definition) is 4. The van der Waals surface area contributed by atoms with Crippen LogP contribution in [-0.4, -0.2) is 63.4 Å². The van der Waals surface area contributed by atoms with Crippen LogP contribution in [0.3, 0.4) is 0 Å². The lowest BCUT2D eigenvalue weighted by atomic mass is 10.1. The van der Waals surface area contributed by atoms with E-state index in [1.165, 1.54) is 38.0 Å². The Hall–Kier alpha value is -1.06. The highest BCUT2D eigenvalue weighted by molar-refractivity contribution is 14.0. The minimum absolute atomic E-state index is 0. The summed E-state index contributed by atoms with van der Waals surface area (Å²) in [5, 5.41) is 6.94. The minimum Gasteiger partial charge on any atom is -0.488 e. The number of aliphatic imine (C=N–C) groups is 1. The van der Waals surface area contributed by atoms with Crippen molar-refractivity contribution in [3.05, 3.63) is 29.3 Å². The Labute approximate surface area is 192 Å². The molecule has 2 heterocycles. The lowest BCUT2D eigenvalue weighted by Gasteiger charge is -2.19. The summed E-state index contributed by atoms with van der Waals surface area (Å²) in [5.74, 6) is 2.50. The van der Waals surface area contributed by atoms with Gasteiger partial charge in [-0.3, -0.25) is 4.99 Å². The smallest absolute Gasteiger partial charge is 0.191 e. The molecular formula is C22H37IN4O2. The third-order valence-electron chi connectivity index (χ3n) is 5.54. The molecule has 2 fully saturated rings. The molecule has 0 aromatic heterocycles. The first-order valence-corrected chi connectivity index (χ1v) is 10.7. The maximum atomic E-state index is 6.20. The molecule has 0 aliphatic carbocycles. The fourth-order valence-electron chi connectivity index (χ4n) is 3.94. The number of hydrogen-bond donors (Lipinski definition) is 2. The molecule has 0 amide bonds. The molecule has 0 saturated carbocycles. The van der Waals surface area contributed by atoms with Crippen LogP contribution in [0.15, 0.2) is 23.2 Å². The van der Waals surface area contributed by atoms with Gasteiger partial charge >= 0.3 is 0 Å². The van der Waals surface area contributed by atoms with Crippen molar-refractivity contribution in [1.29, 1.82) is 0 Å². The first kappa shape index (κ1) is 24.2. The molecule has 7 heteroatoms. The number of rotatable bonds is 8. The van der Waals surface area contributed by atoms with E-state index in [4.69, 9.17) is 9.47 Å². The van der Waals surface area contributed by atoms with Gasteiger partial charge in [0.2, 0.25) is 0 Å². The zero-order valence-corrected chi connectivity index (χ0v) is 20.4. The van der Waals surface area contributed by atoms with Gasteiger partial charge in [0.15, 0.2) is 5.96 Å². The van der Waals surface area contributed by atoms with Crippen molar-refractivity contribution in [2.75, 3.05) is 46.4 Å². The summed E-state index contributed by atoms with van der Waals surface area (Å²) >= 11 is 0. The van der Waals surface area contributed by atoms with Gasteiger partial charge in [-0.15, -0.1) is 24.0 Å². The molecule has 2 N–H and O–H groups in total. The average molecular weight is 516 g/mol. The molecule has 1 aromatic carbocycles. The van der Waals surface area contributed by atoms with E-state index in [0.717, 1.165) is 36.8 Å². The number of halogens is 1. The van der Waals surface area contributed by atoms with Crippen molar-refractivity contribution in [2.24, 2.45) is 10.9 Å². The maximum absolute atomic E-state index is 6.20. The Morgan fingerprint density at radius 3 is 2.90 bits per heavy atom.